The first-order valence-corrected chi connectivity index (χ1v) is 10.3. The Kier molecular flexibility index (Phi) is 5.23. The third kappa shape index (κ3) is 4.45. The van der Waals surface area contributed by atoms with Gasteiger partial charge in [0.25, 0.3) is 0 Å². The van der Waals surface area contributed by atoms with E-state index in [0.29, 0.717) is 5.67 Å². The van der Waals surface area contributed by atoms with Crippen LogP contribution in [-0.4, -0.2) is 32.7 Å². The first kappa shape index (κ1) is 14.7. The molecule has 1 aromatic rings. The van der Waals surface area contributed by atoms with Crippen LogP contribution in [0.3, 0.4) is 0 Å². The summed E-state index contributed by atoms with van der Waals surface area (Å²) in [7, 11) is 2.84. The van der Waals surface area contributed by atoms with Crippen LogP contribution in [0.1, 0.15) is 5.56 Å². The van der Waals surface area contributed by atoms with Crippen LogP contribution in [0.25, 0.3) is 5.20 Å². The lowest BCUT2D eigenvalue weighted by Gasteiger charge is -2.23. The van der Waals surface area contributed by atoms with Crippen molar-refractivity contribution in [2.45, 2.75) is 19.6 Å². The Hall–Kier alpha value is -0.318. The summed E-state index contributed by atoms with van der Waals surface area (Å²) < 4.78 is 0. The van der Waals surface area contributed by atoms with Gasteiger partial charge in [0.05, 0.1) is 8.07 Å². The van der Waals surface area contributed by atoms with E-state index in [1.165, 1.54) is 10.8 Å². The van der Waals surface area contributed by atoms with E-state index in [4.69, 9.17) is 0 Å². The molecule has 0 spiro atoms. The second-order valence-electron chi connectivity index (χ2n) is 5.53. The van der Waals surface area contributed by atoms with Gasteiger partial charge in [0.1, 0.15) is 0 Å². The van der Waals surface area contributed by atoms with Crippen LogP contribution >= 0.6 is 15.8 Å². The molecule has 4 heteroatoms. The molecular formula is C13H21BBrNSi. The van der Waals surface area contributed by atoms with Gasteiger partial charge >= 0.3 is 5.67 Å². The summed E-state index contributed by atoms with van der Waals surface area (Å²) in [4.78, 5) is 2.17. The van der Waals surface area contributed by atoms with Gasteiger partial charge < -0.3 is 4.81 Å². The van der Waals surface area contributed by atoms with Gasteiger partial charge in [0.2, 0.25) is 0 Å². The zero-order valence-corrected chi connectivity index (χ0v) is 14.0. The maximum Gasteiger partial charge on any atom is 0.328 e. The summed E-state index contributed by atoms with van der Waals surface area (Å²) in [5, 5.41) is 1.51. The molecule has 0 fully saturated rings. The fraction of sp³-hybridized carbons (Fsp3) is 0.385. The van der Waals surface area contributed by atoms with Crippen molar-refractivity contribution in [3.05, 3.63) is 41.9 Å². The molecule has 0 bridgehead atoms. The van der Waals surface area contributed by atoms with Gasteiger partial charge in [-0.1, -0.05) is 61.1 Å². The van der Waals surface area contributed by atoms with E-state index in [9.17, 15) is 0 Å². The number of hydrogen-bond donors (Lipinski definition) is 0. The Bertz CT molecular complexity index is 384. The van der Waals surface area contributed by atoms with E-state index in [1.54, 1.807) is 0 Å². The molecule has 0 heterocycles. The Morgan fingerprint density at radius 3 is 2.12 bits per heavy atom. The standard InChI is InChI=1S/C13H21BBrNSi/c1-16(2)14(15)11-13(17(3,4)5)12-9-7-6-8-10-12/h6-11H,1-5H3/b13-11-. The van der Waals surface area contributed by atoms with Crippen LogP contribution in [0.4, 0.5) is 0 Å². The highest BCUT2D eigenvalue weighted by Crippen LogP contribution is 2.26. The minimum atomic E-state index is -1.33. The summed E-state index contributed by atoms with van der Waals surface area (Å²) in [6.07, 6.45) is 0. The minimum absolute atomic E-state index is 0.296. The molecular weight excluding hydrogens is 289 g/mol. The van der Waals surface area contributed by atoms with Gasteiger partial charge in [-0.25, -0.2) is 0 Å². The predicted octanol–water partition coefficient (Wildman–Crippen LogP) is 3.93. The highest BCUT2D eigenvalue weighted by atomic mass is 79.9. The van der Waals surface area contributed by atoms with E-state index in [0.717, 1.165) is 0 Å². The minimum Gasteiger partial charge on any atom is -0.334 e. The first-order chi connectivity index (χ1) is 7.82. The molecule has 17 heavy (non-hydrogen) atoms. The summed E-state index contributed by atoms with van der Waals surface area (Å²) >= 11 is 3.70. The van der Waals surface area contributed by atoms with E-state index >= 15 is 0 Å². The van der Waals surface area contributed by atoms with Gasteiger partial charge in [-0.05, 0) is 19.7 Å². The molecule has 0 aliphatic carbocycles. The van der Waals surface area contributed by atoms with Crippen LogP contribution in [0, 0.1) is 0 Å². The van der Waals surface area contributed by atoms with E-state index in [-0.39, 0.29) is 0 Å². The molecule has 0 N–H and O–H groups in total. The van der Waals surface area contributed by atoms with Gasteiger partial charge in [-0.2, -0.15) is 0 Å². The second kappa shape index (κ2) is 6.03. The lowest BCUT2D eigenvalue weighted by Crippen LogP contribution is -2.29. The molecule has 0 saturated carbocycles. The maximum absolute atomic E-state index is 3.70. The molecule has 92 valence electrons. The fourth-order valence-corrected chi connectivity index (χ4v) is 3.88. The Morgan fingerprint density at radius 2 is 1.71 bits per heavy atom. The van der Waals surface area contributed by atoms with Gasteiger partial charge in [-0.15, -0.1) is 15.8 Å². The maximum atomic E-state index is 3.70. The number of rotatable bonds is 4. The topological polar surface area (TPSA) is 3.24 Å². The average Bonchev–Trinajstić information content (AvgIpc) is 2.25. The SMILES string of the molecule is CN(C)B(Br)/C=C(/c1ccccc1)[Si](C)(C)C. The molecule has 1 rings (SSSR count). The van der Waals surface area contributed by atoms with Crippen molar-refractivity contribution in [2.75, 3.05) is 14.1 Å². The third-order valence-corrected chi connectivity index (χ3v) is 5.85. The highest BCUT2D eigenvalue weighted by molar-refractivity contribution is 9.24. The van der Waals surface area contributed by atoms with Gasteiger partial charge in [0.15, 0.2) is 0 Å². The van der Waals surface area contributed by atoms with Gasteiger partial charge in [0, 0.05) is 0 Å². The third-order valence-electron chi connectivity index (χ3n) is 2.69. The molecule has 1 nitrogen and oxygen atoms in total. The largest absolute Gasteiger partial charge is 0.334 e. The molecule has 0 radical (unpaired) electrons. The normalized spacial score (nSPS) is 13.0. The quantitative estimate of drug-likeness (QED) is 0.762. The van der Waals surface area contributed by atoms with Crippen LogP contribution in [0.15, 0.2) is 36.3 Å². The van der Waals surface area contributed by atoms with Crippen molar-refractivity contribution in [1.82, 2.24) is 4.81 Å². The van der Waals surface area contributed by atoms with Crippen LogP contribution in [-0.2, 0) is 0 Å². The average molecular weight is 310 g/mol. The van der Waals surface area contributed by atoms with E-state index in [1.807, 2.05) is 0 Å². The number of hydrogen-bond acceptors (Lipinski definition) is 1. The van der Waals surface area contributed by atoms with E-state index < -0.39 is 8.07 Å². The number of halogens is 1. The first-order valence-electron chi connectivity index (χ1n) is 5.90. The fourth-order valence-electron chi connectivity index (χ4n) is 1.68. The molecule has 0 saturated heterocycles. The zero-order valence-electron chi connectivity index (χ0n) is 11.4. The molecule has 0 aliphatic rings. The van der Waals surface area contributed by atoms with Crippen molar-refractivity contribution in [2.24, 2.45) is 0 Å². The lowest BCUT2D eigenvalue weighted by atomic mass is 9.90. The summed E-state index contributed by atoms with van der Waals surface area (Å²) in [6.45, 7) is 7.17. The van der Waals surface area contributed by atoms with Gasteiger partial charge in [-0.3, -0.25) is 0 Å². The van der Waals surface area contributed by atoms with Crippen molar-refractivity contribution in [3.8, 4) is 0 Å². The molecule has 0 atom stereocenters. The second-order valence-corrected chi connectivity index (χ2v) is 11.5. The molecule has 0 unspecified atom stereocenters. The summed E-state index contributed by atoms with van der Waals surface area (Å²) in [6, 6.07) is 10.7. The summed E-state index contributed by atoms with van der Waals surface area (Å²) in [5.41, 5.74) is 1.65. The molecule has 0 aliphatic heterocycles. The predicted molar refractivity (Wildman–Crippen MR) is 86.1 cm³/mol. The van der Waals surface area contributed by atoms with E-state index in [2.05, 4.69) is 90.6 Å². The Balaban J connectivity index is 3.15. The van der Waals surface area contributed by atoms with Crippen LogP contribution < -0.4 is 0 Å². The zero-order chi connectivity index (χ0) is 13.1. The number of nitrogens with zero attached hydrogens (tertiary/aromatic N) is 1. The van der Waals surface area contributed by atoms with Crippen molar-refractivity contribution in [3.63, 3.8) is 0 Å². The van der Waals surface area contributed by atoms with Crippen LogP contribution in [0.5, 0.6) is 0 Å². The van der Waals surface area contributed by atoms with Crippen molar-refractivity contribution < 1.29 is 0 Å². The van der Waals surface area contributed by atoms with Crippen molar-refractivity contribution >= 4 is 34.7 Å². The molecule has 1 aromatic carbocycles. The smallest absolute Gasteiger partial charge is 0.328 e. The summed E-state index contributed by atoms with van der Waals surface area (Å²) in [5.74, 6) is 2.35. The highest BCUT2D eigenvalue weighted by Gasteiger charge is 2.23. The Labute approximate surface area is 115 Å². The lowest BCUT2D eigenvalue weighted by molar-refractivity contribution is 0.665. The molecule has 0 amide bonds. The number of benzene rings is 1. The molecule has 0 aromatic heterocycles. The van der Waals surface area contributed by atoms with Crippen molar-refractivity contribution in [1.29, 1.82) is 0 Å². The Morgan fingerprint density at radius 1 is 1.18 bits per heavy atom. The monoisotopic (exact) mass is 309 g/mol. The van der Waals surface area contributed by atoms with Crippen LogP contribution in [0.2, 0.25) is 19.6 Å².